The molecule has 4 rings (SSSR count). The zero-order chi connectivity index (χ0) is 18.9. The third-order valence-electron chi connectivity index (χ3n) is 7.18. The molecule has 4 atom stereocenters. The number of esters is 3. The van der Waals surface area contributed by atoms with Crippen LogP contribution in [0.1, 0.15) is 52.9 Å². The van der Waals surface area contributed by atoms with Gasteiger partial charge in [-0.2, -0.15) is 0 Å². The minimum absolute atomic E-state index is 0.0679. The predicted molar refractivity (Wildman–Crippen MR) is 87.6 cm³/mol. The van der Waals surface area contributed by atoms with Crippen molar-refractivity contribution in [2.24, 2.45) is 10.8 Å². The summed E-state index contributed by atoms with van der Waals surface area (Å²) < 4.78 is 21.9. The first kappa shape index (κ1) is 17.5. The van der Waals surface area contributed by atoms with Crippen molar-refractivity contribution >= 4 is 17.9 Å². The lowest BCUT2D eigenvalue weighted by Gasteiger charge is -2.35. The highest BCUT2D eigenvalue weighted by Crippen LogP contribution is 2.66. The lowest BCUT2D eigenvalue weighted by Crippen LogP contribution is -2.49. The number of fused-ring (bicyclic) bond motifs is 4. The summed E-state index contributed by atoms with van der Waals surface area (Å²) in [6.45, 7) is 5.58. The molecule has 2 saturated heterocycles. The Morgan fingerprint density at radius 2 is 1.88 bits per heavy atom. The van der Waals surface area contributed by atoms with Crippen LogP contribution in [0.15, 0.2) is 11.3 Å². The van der Waals surface area contributed by atoms with Gasteiger partial charge in [0.05, 0.1) is 24.7 Å². The van der Waals surface area contributed by atoms with Crippen molar-refractivity contribution in [1.82, 2.24) is 0 Å². The zero-order valence-electron chi connectivity index (χ0n) is 15.5. The van der Waals surface area contributed by atoms with Gasteiger partial charge in [-0.3, -0.25) is 4.79 Å². The molecule has 3 aliphatic heterocycles. The summed E-state index contributed by atoms with van der Waals surface area (Å²) in [5.74, 6) is -1.22. The van der Waals surface area contributed by atoms with Crippen molar-refractivity contribution in [3.8, 4) is 0 Å². The molecule has 0 aromatic rings. The Kier molecular flexibility index (Phi) is 3.58. The van der Waals surface area contributed by atoms with Gasteiger partial charge >= 0.3 is 17.9 Å². The number of rotatable bonds is 3. The maximum atomic E-state index is 13.2. The fraction of sp³-hybridized carbons (Fsp3) is 0.737. The van der Waals surface area contributed by atoms with Crippen LogP contribution in [0.4, 0.5) is 0 Å². The summed E-state index contributed by atoms with van der Waals surface area (Å²) in [6.07, 6.45) is 2.36. The molecule has 4 bridgehead atoms. The fourth-order valence-corrected chi connectivity index (χ4v) is 4.91. The lowest BCUT2D eigenvalue weighted by molar-refractivity contribution is -0.181. The molecule has 7 nitrogen and oxygen atoms in total. The first-order valence-electron chi connectivity index (χ1n) is 9.09. The molecule has 3 fully saturated rings. The van der Waals surface area contributed by atoms with E-state index in [0.717, 1.165) is 6.42 Å². The molecule has 0 unspecified atom stereocenters. The number of ether oxygens (including phenoxy) is 4. The van der Waals surface area contributed by atoms with E-state index in [9.17, 15) is 14.4 Å². The second-order valence-corrected chi connectivity index (χ2v) is 8.42. The minimum Gasteiger partial charge on any atom is -0.465 e. The van der Waals surface area contributed by atoms with E-state index < -0.39 is 34.5 Å². The van der Waals surface area contributed by atoms with E-state index in [1.54, 1.807) is 0 Å². The van der Waals surface area contributed by atoms with E-state index in [-0.39, 0.29) is 17.6 Å². The molecule has 0 N–H and O–H groups in total. The lowest BCUT2D eigenvalue weighted by atomic mass is 9.66. The monoisotopic (exact) mass is 364 g/mol. The van der Waals surface area contributed by atoms with Crippen LogP contribution < -0.4 is 0 Å². The Hall–Kier alpha value is -1.89. The smallest absolute Gasteiger partial charge is 0.356 e. The van der Waals surface area contributed by atoms with Gasteiger partial charge in [0, 0.05) is 11.8 Å². The Labute approximate surface area is 152 Å². The first-order chi connectivity index (χ1) is 12.2. The number of hydrogen-bond donors (Lipinski definition) is 0. The van der Waals surface area contributed by atoms with Gasteiger partial charge < -0.3 is 18.9 Å². The SMILES string of the molecule is COC(=O)C1=C(OC(=O)[C@@]23CC[C@@](C)(C(=O)O2)C3(C)C)C[C@@H]2CC[C@H]1O2. The number of carbonyl (C=O) groups is 3. The molecule has 1 saturated carbocycles. The predicted octanol–water partition coefficient (Wildman–Crippen LogP) is 2.03. The fourth-order valence-electron chi connectivity index (χ4n) is 4.91. The molecule has 0 spiro atoms. The second-order valence-electron chi connectivity index (χ2n) is 8.42. The summed E-state index contributed by atoms with van der Waals surface area (Å²) in [7, 11) is 1.29. The van der Waals surface area contributed by atoms with Crippen LogP contribution in [0.5, 0.6) is 0 Å². The highest BCUT2D eigenvalue weighted by molar-refractivity contribution is 5.95. The molecule has 4 aliphatic rings. The van der Waals surface area contributed by atoms with Crippen molar-refractivity contribution in [1.29, 1.82) is 0 Å². The third-order valence-corrected chi connectivity index (χ3v) is 7.18. The second kappa shape index (κ2) is 5.31. The van der Waals surface area contributed by atoms with Crippen LogP contribution in [0, 0.1) is 10.8 Å². The maximum absolute atomic E-state index is 13.2. The van der Waals surface area contributed by atoms with Gasteiger partial charge in [-0.15, -0.1) is 0 Å². The zero-order valence-corrected chi connectivity index (χ0v) is 15.5. The van der Waals surface area contributed by atoms with E-state index in [2.05, 4.69) is 0 Å². The Balaban J connectivity index is 1.68. The van der Waals surface area contributed by atoms with Crippen LogP contribution >= 0.6 is 0 Å². The molecule has 0 aromatic carbocycles. The van der Waals surface area contributed by atoms with Crippen LogP contribution in [0.3, 0.4) is 0 Å². The highest BCUT2D eigenvalue weighted by Gasteiger charge is 2.76. The number of methoxy groups -OCH3 is 1. The van der Waals surface area contributed by atoms with Crippen LogP contribution in [-0.4, -0.2) is 42.8 Å². The maximum Gasteiger partial charge on any atom is 0.356 e. The van der Waals surface area contributed by atoms with Crippen molar-refractivity contribution < 1.29 is 33.3 Å². The summed E-state index contributed by atoms with van der Waals surface area (Å²) in [4.78, 5) is 37.8. The van der Waals surface area contributed by atoms with Gasteiger partial charge in [-0.1, -0.05) is 13.8 Å². The molecular weight excluding hydrogens is 340 g/mol. The third kappa shape index (κ3) is 1.95. The van der Waals surface area contributed by atoms with Gasteiger partial charge in [0.15, 0.2) is 0 Å². The highest BCUT2D eigenvalue weighted by atomic mass is 16.6. The van der Waals surface area contributed by atoms with Crippen LogP contribution in [0.2, 0.25) is 0 Å². The minimum atomic E-state index is -1.32. The van der Waals surface area contributed by atoms with Gasteiger partial charge in [-0.05, 0) is 32.6 Å². The normalized spacial score (nSPS) is 39.8. The van der Waals surface area contributed by atoms with Crippen molar-refractivity contribution in [3.63, 3.8) is 0 Å². The molecular formula is C19H24O7. The van der Waals surface area contributed by atoms with Gasteiger partial charge in [0.25, 0.3) is 0 Å². The van der Waals surface area contributed by atoms with Gasteiger partial charge in [0.1, 0.15) is 11.3 Å². The van der Waals surface area contributed by atoms with Crippen LogP contribution in [-0.2, 0) is 33.3 Å². The Bertz CT molecular complexity index is 736. The van der Waals surface area contributed by atoms with E-state index in [1.165, 1.54) is 7.11 Å². The molecule has 26 heavy (non-hydrogen) atoms. The van der Waals surface area contributed by atoms with Crippen molar-refractivity contribution in [2.75, 3.05) is 7.11 Å². The molecule has 1 aliphatic carbocycles. The van der Waals surface area contributed by atoms with E-state index >= 15 is 0 Å². The summed E-state index contributed by atoms with van der Waals surface area (Å²) in [5.41, 5.74) is -2.44. The van der Waals surface area contributed by atoms with E-state index in [1.807, 2.05) is 20.8 Å². The molecule has 3 heterocycles. The van der Waals surface area contributed by atoms with Crippen molar-refractivity contribution in [3.05, 3.63) is 11.3 Å². The molecule has 0 amide bonds. The first-order valence-corrected chi connectivity index (χ1v) is 9.09. The van der Waals surface area contributed by atoms with Crippen LogP contribution in [0.25, 0.3) is 0 Å². The topological polar surface area (TPSA) is 88.1 Å². The average Bonchev–Trinajstić information content (AvgIpc) is 3.11. The standard InChI is InChI=1S/C19H24O7/c1-17(2)18(3)7-8-19(17,26-15(18)21)16(22)25-12-9-10-5-6-11(24-10)13(12)14(20)23-4/h10-11H,5-9H2,1-4H3/t10-,11+,18-,19+/m0/s1. The van der Waals surface area contributed by atoms with E-state index in [4.69, 9.17) is 18.9 Å². The molecule has 7 heteroatoms. The van der Waals surface area contributed by atoms with Gasteiger partial charge in [0.2, 0.25) is 5.60 Å². The summed E-state index contributed by atoms with van der Waals surface area (Å²) in [6, 6.07) is 0. The van der Waals surface area contributed by atoms with E-state index in [0.29, 0.717) is 31.4 Å². The quantitative estimate of drug-likeness (QED) is 0.559. The number of hydrogen-bond acceptors (Lipinski definition) is 7. The number of carbonyl (C=O) groups excluding carboxylic acids is 3. The van der Waals surface area contributed by atoms with Crippen molar-refractivity contribution in [2.45, 2.75) is 70.7 Å². The molecule has 0 radical (unpaired) electrons. The molecule has 0 aromatic heterocycles. The Morgan fingerprint density at radius 3 is 2.46 bits per heavy atom. The largest absolute Gasteiger partial charge is 0.465 e. The summed E-state index contributed by atoms with van der Waals surface area (Å²) in [5, 5.41) is 0. The average molecular weight is 364 g/mol. The summed E-state index contributed by atoms with van der Waals surface area (Å²) >= 11 is 0. The van der Waals surface area contributed by atoms with Gasteiger partial charge in [-0.25, -0.2) is 9.59 Å². The Morgan fingerprint density at radius 1 is 1.15 bits per heavy atom. The molecule has 142 valence electrons.